The highest BCUT2D eigenvalue weighted by atomic mass is 19.1. The minimum atomic E-state index is -0.826. The summed E-state index contributed by atoms with van der Waals surface area (Å²) < 4.78 is 18.4. The van der Waals surface area contributed by atoms with Crippen LogP contribution in [0, 0.1) is 5.82 Å². The van der Waals surface area contributed by atoms with Crippen LogP contribution in [0.5, 0.6) is 0 Å². The number of ether oxygens (including phenoxy) is 1. The van der Waals surface area contributed by atoms with E-state index < -0.39 is 42.1 Å². The summed E-state index contributed by atoms with van der Waals surface area (Å²) in [7, 11) is 0. The van der Waals surface area contributed by atoms with E-state index in [-0.39, 0.29) is 0 Å². The van der Waals surface area contributed by atoms with Gasteiger partial charge in [0.05, 0.1) is 0 Å². The molecule has 0 aliphatic carbocycles. The lowest BCUT2D eigenvalue weighted by Crippen LogP contribution is -2.32. The van der Waals surface area contributed by atoms with Crippen LogP contribution in [0.4, 0.5) is 10.1 Å². The van der Waals surface area contributed by atoms with Gasteiger partial charge in [-0.15, -0.1) is 0 Å². The molecule has 2 rings (SSSR count). The number of H-pyrrole nitrogens is 1. The molecule has 120 valence electrons. The van der Waals surface area contributed by atoms with Gasteiger partial charge in [0.15, 0.2) is 6.61 Å². The third kappa shape index (κ3) is 4.92. The smallest absolute Gasteiger partial charge is 0.328 e. The minimum Gasteiger partial charge on any atom is -0.454 e. The van der Waals surface area contributed by atoms with Crippen molar-refractivity contribution in [1.29, 1.82) is 0 Å². The van der Waals surface area contributed by atoms with Crippen molar-refractivity contribution in [3.63, 3.8) is 0 Å². The monoisotopic (exact) mass is 321 g/mol. The molecule has 0 unspecified atom stereocenters. The van der Waals surface area contributed by atoms with Crippen LogP contribution in [0.1, 0.15) is 0 Å². The molecule has 1 aromatic carbocycles. The number of carbonyl (C=O) groups excluding carboxylic acids is 2. The third-order valence-electron chi connectivity index (χ3n) is 2.69. The van der Waals surface area contributed by atoms with Crippen molar-refractivity contribution in [3.05, 3.63) is 63.2 Å². The van der Waals surface area contributed by atoms with E-state index in [1.54, 1.807) is 0 Å². The molecule has 1 amide bonds. The first-order valence-electron chi connectivity index (χ1n) is 6.45. The number of hydrogen-bond acceptors (Lipinski definition) is 5. The molecule has 0 aliphatic heterocycles. The second-order valence-corrected chi connectivity index (χ2v) is 4.45. The summed E-state index contributed by atoms with van der Waals surface area (Å²) in [6, 6.07) is 6.13. The van der Waals surface area contributed by atoms with Crippen LogP contribution in [0.25, 0.3) is 0 Å². The number of nitrogens with zero attached hydrogens (tertiary/aromatic N) is 1. The van der Waals surface area contributed by atoms with E-state index in [1.165, 1.54) is 24.3 Å². The highest BCUT2D eigenvalue weighted by Crippen LogP contribution is 2.07. The molecule has 0 saturated carbocycles. The molecule has 8 nitrogen and oxygen atoms in total. The maximum atomic E-state index is 12.7. The molecule has 0 spiro atoms. The summed E-state index contributed by atoms with van der Waals surface area (Å²) in [5, 5.41) is 2.41. The molecule has 0 bridgehead atoms. The van der Waals surface area contributed by atoms with Gasteiger partial charge in [0.1, 0.15) is 12.4 Å². The van der Waals surface area contributed by atoms with E-state index in [0.29, 0.717) is 5.69 Å². The summed E-state index contributed by atoms with van der Waals surface area (Å²) >= 11 is 0. The molecule has 2 aromatic rings. The number of aromatic amines is 1. The fourth-order valence-corrected chi connectivity index (χ4v) is 1.63. The van der Waals surface area contributed by atoms with Gasteiger partial charge in [0.25, 0.3) is 11.5 Å². The Hall–Kier alpha value is -3.23. The van der Waals surface area contributed by atoms with E-state index in [1.807, 2.05) is 4.98 Å². The van der Waals surface area contributed by atoms with Crippen molar-refractivity contribution < 1.29 is 18.7 Å². The fourth-order valence-electron chi connectivity index (χ4n) is 1.63. The normalized spacial score (nSPS) is 10.1. The van der Waals surface area contributed by atoms with Gasteiger partial charge in [-0.1, -0.05) is 0 Å². The molecule has 1 aromatic heterocycles. The zero-order chi connectivity index (χ0) is 16.8. The van der Waals surface area contributed by atoms with Crippen molar-refractivity contribution in [2.24, 2.45) is 0 Å². The molecular formula is C14H12FN3O5. The van der Waals surface area contributed by atoms with E-state index in [0.717, 1.165) is 16.8 Å². The van der Waals surface area contributed by atoms with E-state index in [9.17, 15) is 23.6 Å². The topological polar surface area (TPSA) is 110 Å². The Morgan fingerprint density at radius 1 is 1.17 bits per heavy atom. The number of benzene rings is 1. The number of esters is 1. The van der Waals surface area contributed by atoms with Crippen molar-refractivity contribution >= 4 is 17.6 Å². The average molecular weight is 321 g/mol. The van der Waals surface area contributed by atoms with Crippen LogP contribution >= 0.6 is 0 Å². The predicted molar refractivity (Wildman–Crippen MR) is 77.3 cm³/mol. The van der Waals surface area contributed by atoms with Crippen molar-refractivity contribution in [2.45, 2.75) is 6.54 Å². The van der Waals surface area contributed by atoms with Crippen LogP contribution in [-0.4, -0.2) is 28.0 Å². The first-order valence-corrected chi connectivity index (χ1v) is 6.45. The SMILES string of the molecule is O=C(COC(=O)Cn1ccc(=O)[nH]c1=O)Nc1ccc(F)cc1. The van der Waals surface area contributed by atoms with Crippen LogP contribution in [-0.2, 0) is 20.9 Å². The second-order valence-electron chi connectivity index (χ2n) is 4.45. The van der Waals surface area contributed by atoms with Crippen LogP contribution in [0.2, 0.25) is 0 Å². The summed E-state index contributed by atoms with van der Waals surface area (Å²) in [5.74, 6) is -1.88. The Morgan fingerprint density at radius 3 is 2.52 bits per heavy atom. The maximum absolute atomic E-state index is 12.7. The molecule has 0 fully saturated rings. The first-order chi connectivity index (χ1) is 10.9. The predicted octanol–water partition coefficient (Wildman–Crippen LogP) is -0.142. The van der Waals surface area contributed by atoms with E-state index in [4.69, 9.17) is 4.74 Å². The Balaban J connectivity index is 1.84. The van der Waals surface area contributed by atoms with Crippen molar-refractivity contribution in [1.82, 2.24) is 9.55 Å². The number of rotatable bonds is 5. The number of hydrogen-bond donors (Lipinski definition) is 2. The highest BCUT2D eigenvalue weighted by Gasteiger charge is 2.09. The molecule has 23 heavy (non-hydrogen) atoms. The second kappa shape index (κ2) is 7.16. The van der Waals surface area contributed by atoms with E-state index >= 15 is 0 Å². The Kier molecular flexibility index (Phi) is 5.03. The maximum Gasteiger partial charge on any atom is 0.328 e. The van der Waals surface area contributed by atoms with Gasteiger partial charge < -0.3 is 10.1 Å². The van der Waals surface area contributed by atoms with Crippen LogP contribution in [0.3, 0.4) is 0 Å². The molecule has 1 heterocycles. The standard InChI is InChI=1S/C14H12FN3O5/c15-9-1-3-10(4-2-9)16-12(20)8-23-13(21)7-18-6-5-11(19)17-14(18)22/h1-6H,7-8H2,(H,16,20)(H,17,19,22). The molecule has 0 radical (unpaired) electrons. The van der Waals surface area contributed by atoms with Gasteiger partial charge in [-0.2, -0.15) is 0 Å². The largest absolute Gasteiger partial charge is 0.454 e. The van der Waals surface area contributed by atoms with Gasteiger partial charge in [0, 0.05) is 18.0 Å². The number of carbonyl (C=O) groups is 2. The Bertz CT molecular complexity index is 825. The summed E-state index contributed by atoms with van der Waals surface area (Å²) in [6.45, 7) is -1.01. The lowest BCUT2D eigenvalue weighted by atomic mass is 10.3. The van der Waals surface area contributed by atoms with Crippen LogP contribution < -0.4 is 16.6 Å². The fraction of sp³-hybridized carbons (Fsp3) is 0.143. The van der Waals surface area contributed by atoms with Crippen molar-refractivity contribution in [3.8, 4) is 0 Å². The Labute approximate surface area is 128 Å². The number of anilines is 1. The third-order valence-corrected chi connectivity index (χ3v) is 2.69. The molecule has 2 N–H and O–H groups in total. The summed E-state index contributed by atoms with van der Waals surface area (Å²) in [4.78, 5) is 47.3. The Morgan fingerprint density at radius 2 is 1.87 bits per heavy atom. The van der Waals surface area contributed by atoms with Gasteiger partial charge >= 0.3 is 11.7 Å². The average Bonchev–Trinajstić information content (AvgIpc) is 2.50. The minimum absolute atomic E-state index is 0.351. The lowest BCUT2D eigenvalue weighted by Gasteiger charge is -2.07. The van der Waals surface area contributed by atoms with Gasteiger partial charge in [-0.25, -0.2) is 9.18 Å². The molecule has 9 heteroatoms. The summed E-state index contributed by atoms with van der Waals surface area (Å²) in [5.41, 5.74) is -0.993. The van der Waals surface area contributed by atoms with Crippen LogP contribution in [0.15, 0.2) is 46.1 Å². The lowest BCUT2D eigenvalue weighted by molar-refractivity contribution is -0.148. The van der Waals surface area contributed by atoms with Crippen molar-refractivity contribution in [2.75, 3.05) is 11.9 Å². The zero-order valence-electron chi connectivity index (χ0n) is 11.7. The number of amides is 1. The summed E-state index contributed by atoms with van der Waals surface area (Å²) in [6.07, 6.45) is 1.14. The molecule has 0 aliphatic rings. The number of aromatic nitrogens is 2. The zero-order valence-corrected chi connectivity index (χ0v) is 11.7. The van der Waals surface area contributed by atoms with Gasteiger partial charge in [-0.3, -0.25) is 23.9 Å². The van der Waals surface area contributed by atoms with Gasteiger partial charge in [-0.05, 0) is 24.3 Å². The van der Waals surface area contributed by atoms with Gasteiger partial charge in [0.2, 0.25) is 0 Å². The highest BCUT2D eigenvalue weighted by molar-refractivity contribution is 5.92. The first kappa shape index (κ1) is 16.1. The molecule has 0 saturated heterocycles. The molecular weight excluding hydrogens is 309 g/mol. The number of halogens is 1. The quantitative estimate of drug-likeness (QED) is 0.745. The molecule has 0 atom stereocenters. The number of nitrogens with one attached hydrogen (secondary N) is 2. The van der Waals surface area contributed by atoms with E-state index in [2.05, 4.69) is 5.32 Å².